The lowest BCUT2D eigenvalue weighted by Gasteiger charge is -2.50. The second-order valence-corrected chi connectivity index (χ2v) is 11.1. The molecule has 0 aromatic heterocycles. The lowest BCUT2D eigenvalue weighted by molar-refractivity contribution is -0.148. The quantitative estimate of drug-likeness (QED) is 0.305. The molecule has 7 N–H and O–H groups in total. The number of amides is 1. The number of ketones is 2. The largest absolute Gasteiger partial charge is 0.510 e. The van der Waals surface area contributed by atoms with Crippen molar-refractivity contribution in [3.05, 3.63) is 51.5 Å². The molecule has 37 heavy (non-hydrogen) atoms. The molecule has 10 nitrogen and oxygen atoms in total. The Hall–Kier alpha value is -3.21. The maximum Gasteiger partial charge on any atom is 0.255 e. The SMILES string of the molecule is C[C@@H](NCc1cc(O)c2c(c1)C[C@H]1C[C@H]3[C@H](N(C)C)C(O)=C(C(N)=O)C(=O)[C@@]3(O)C(O)=C1C2=O)C1CC1. The third-order valence-corrected chi connectivity index (χ3v) is 8.55. The fourth-order valence-electron chi connectivity index (χ4n) is 6.49. The third-order valence-electron chi connectivity index (χ3n) is 8.55. The van der Waals surface area contributed by atoms with Crippen LogP contribution in [0.5, 0.6) is 5.75 Å². The zero-order chi connectivity index (χ0) is 27.0. The molecule has 0 bridgehead atoms. The summed E-state index contributed by atoms with van der Waals surface area (Å²) in [6.07, 6.45) is 2.77. The van der Waals surface area contributed by atoms with Crippen molar-refractivity contribution >= 4 is 17.5 Å². The van der Waals surface area contributed by atoms with Crippen molar-refractivity contribution in [3.63, 3.8) is 0 Å². The average molecular weight is 512 g/mol. The minimum atomic E-state index is -2.62. The number of carbonyl (C=O) groups excluding carboxylic acids is 3. The Morgan fingerprint density at radius 2 is 1.89 bits per heavy atom. The van der Waals surface area contributed by atoms with E-state index in [1.165, 1.54) is 23.8 Å². The molecule has 10 heteroatoms. The highest BCUT2D eigenvalue weighted by Gasteiger charge is 2.63. The van der Waals surface area contributed by atoms with Gasteiger partial charge < -0.3 is 31.5 Å². The molecule has 5 atom stereocenters. The van der Waals surface area contributed by atoms with Crippen LogP contribution >= 0.6 is 0 Å². The van der Waals surface area contributed by atoms with E-state index in [9.17, 15) is 34.8 Å². The summed E-state index contributed by atoms with van der Waals surface area (Å²) in [5, 5.41) is 48.0. The van der Waals surface area contributed by atoms with E-state index >= 15 is 0 Å². The summed E-state index contributed by atoms with van der Waals surface area (Å²) in [5.74, 6) is -5.75. The number of carbonyl (C=O) groups is 3. The molecule has 1 fully saturated rings. The van der Waals surface area contributed by atoms with E-state index < -0.39 is 58.0 Å². The number of nitrogens with one attached hydrogen (secondary N) is 1. The van der Waals surface area contributed by atoms with Crippen LogP contribution in [0.25, 0.3) is 0 Å². The van der Waals surface area contributed by atoms with Crippen LogP contribution in [-0.2, 0) is 22.6 Å². The number of likely N-dealkylation sites (N-methyl/N-ethyl adjacent to an activating group) is 1. The Labute approximate surface area is 214 Å². The van der Waals surface area contributed by atoms with Gasteiger partial charge in [0, 0.05) is 24.1 Å². The van der Waals surface area contributed by atoms with Gasteiger partial charge in [0.2, 0.25) is 5.78 Å². The van der Waals surface area contributed by atoms with Gasteiger partial charge in [0.25, 0.3) is 5.91 Å². The monoisotopic (exact) mass is 511 g/mol. The van der Waals surface area contributed by atoms with Gasteiger partial charge in [-0.05, 0) is 75.7 Å². The molecular weight excluding hydrogens is 478 g/mol. The van der Waals surface area contributed by atoms with Crippen LogP contribution in [-0.4, -0.2) is 74.6 Å². The summed E-state index contributed by atoms with van der Waals surface area (Å²) in [5.41, 5.74) is 3.24. The third kappa shape index (κ3) is 3.77. The highest BCUT2D eigenvalue weighted by Crippen LogP contribution is 2.52. The summed E-state index contributed by atoms with van der Waals surface area (Å²) in [4.78, 5) is 40.5. The van der Waals surface area contributed by atoms with Gasteiger partial charge in [0.1, 0.15) is 22.8 Å². The van der Waals surface area contributed by atoms with Gasteiger partial charge in [-0.3, -0.25) is 19.3 Å². The fraction of sp³-hybridized carbons (Fsp3) is 0.519. The number of nitrogens with zero attached hydrogens (tertiary/aromatic N) is 1. The minimum Gasteiger partial charge on any atom is -0.510 e. The predicted octanol–water partition coefficient (Wildman–Crippen LogP) is 1.01. The van der Waals surface area contributed by atoms with Crippen LogP contribution in [0, 0.1) is 17.8 Å². The maximum absolute atomic E-state index is 13.6. The van der Waals surface area contributed by atoms with Crippen LogP contribution in [0.3, 0.4) is 0 Å². The second kappa shape index (κ2) is 8.68. The van der Waals surface area contributed by atoms with Crippen LogP contribution in [0.4, 0.5) is 0 Å². The molecule has 0 radical (unpaired) electrons. The van der Waals surface area contributed by atoms with Gasteiger partial charge in [-0.2, -0.15) is 0 Å². The summed E-state index contributed by atoms with van der Waals surface area (Å²) in [7, 11) is 3.21. The molecule has 0 aliphatic heterocycles. The fourth-order valence-corrected chi connectivity index (χ4v) is 6.49. The van der Waals surface area contributed by atoms with Crippen molar-refractivity contribution in [2.45, 2.75) is 56.8 Å². The van der Waals surface area contributed by atoms with E-state index in [1.807, 2.05) is 6.07 Å². The van der Waals surface area contributed by atoms with Crippen molar-refractivity contribution < 1.29 is 34.8 Å². The van der Waals surface area contributed by atoms with Crippen molar-refractivity contribution in [2.24, 2.45) is 23.5 Å². The number of Topliss-reactive ketones (excluding diaryl/α,β-unsaturated/α-hetero) is 2. The standard InChI is InChI=1S/C27H33N3O7/c1-11(13-4-5-13)29-10-12-6-14-8-15-9-16-21(30(2)3)23(33)20(26(28)36)25(35)27(16,37)24(34)19(15)22(32)18(14)17(31)7-12/h6-7,11,13,15-16,21,29,31,33-34,37H,4-5,8-10H2,1-3H3,(H2,28,36)/t11-,15+,16+,21+,27+/m1/s1. The van der Waals surface area contributed by atoms with Crippen LogP contribution < -0.4 is 11.1 Å². The number of fused-ring (bicyclic) bond motifs is 3. The van der Waals surface area contributed by atoms with E-state index in [0.717, 1.165) is 5.56 Å². The van der Waals surface area contributed by atoms with Gasteiger partial charge in [-0.25, -0.2) is 0 Å². The van der Waals surface area contributed by atoms with E-state index in [4.69, 9.17) is 5.73 Å². The first-order chi connectivity index (χ1) is 17.4. The minimum absolute atomic E-state index is 0.0276. The van der Waals surface area contributed by atoms with Crippen molar-refractivity contribution in [1.82, 2.24) is 10.2 Å². The van der Waals surface area contributed by atoms with Gasteiger partial charge >= 0.3 is 0 Å². The number of primary amides is 1. The number of aliphatic hydroxyl groups excluding tert-OH is 2. The van der Waals surface area contributed by atoms with E-state index in [0.29, 0.717) is 24.1 Å². The first kappa shape index (κ1) is 25.4. The van der Waals surface area contributed by atoms with E-state index in [2.05, 4.69) is 12.2 Å². The Bertz CT molecular complexity index is 1280. The van der Waals surface area contributed by atoms with E-state index in [-0.39, 0.29) is 29.7 Å². The summed E-state index contributed by atoms with van der Waals surface area (Å²) in [6.45, 7) is 2.65. The number of rotatable bonds is 6. The molecule has 1 saturated carbocycles. The molecule has 0 heterocycles. The van der Waals surface area contributed by atoms with Gasteiger partial charge in [-0.15, -0.1) is 0 Å². The maximum atomic E-state index is 13.6. The lowest BCUT2D eigenvalue weighted by atomic mass is 9.58. The number of phenolic OH excluding ortho intramolecular Hbond substituents is 1. The Morgan fingerprint density at radius 3 is 2.49 bits per heavy atom. The van der Waals surface area contributed by atoms with Crippen molar-refractivity contribution in [1.29, 1.82) is 0 Å². The average Bonchev–Trinajstić information content (AvgIpc) is 3.65. The number of nitrogens with two attached hydrogens (primary N) is 1. The molecule has 1 aromatic carbocycles. The smallest absolute Gasteiger partial charge is 0.255 e. The van der Waals surface area contributed by atoms with E-state index in [1.54, 1.807) is 14.1 Å². The van der Waals surface area contributed by atoms with Gasteiger partial charge in [0.05, 0.1) is 11.6 Å². The number of allylic oxidation sites excluding steroid dienone is 1. The zero-order valence-corrected chi connectivity index (χ0v) is 21.1. The molecule has 4 aliphatic rings. The molecule has 1 aromatic rings. The molecule has 198 valence electrons. The normalized spacial score (nSPS) is 30.2. The van der Waals surface area contributed by atoms with Crippen molar-refractivity contribution in [3.8, 4) is 5.75 Å². The van der Waals surface area contributed by atoms with Crippen LogP contribution in [0.15, 0.2) is 34.8 Å². The molecule has 0 spiro atoms. The zero-order valence-electron chi connectivity index (χ0n) is 21.1. The number of hydrogen-bond acceptors (Lipinski definition) is 9. The highest BCUT2D eigenvalue weighted by atomic mass is 16.3. The Morgan fingerprint density at radius 1 is 1.22 bits per heavy atom. The predicted molar refractivity (Wildman–Crippen MR) is 133 cm³/mol. The van der Waals surface area contributed by atoms with Crippen molar-refractivity contribution in [2.75, 3.05) is 14.1 Å². The highest BCUT2D eigenvalue weighted by molar-refractivity contribution is 6.24. The number of benzene rings is 1. The summed E-state index contributed by atoms with van der Waals surface area (Å²) < 4.78 is 0. The van der Waals surface area contributed by atoms with Gasteiger partial charge in [0.15, 0.2) is 11.4 Å². The summed E-state index contributed by atoms with van der Waals surface area (Å²) in [6, 6.07) is 2.73. The Balaban J connectivity index is 1.57. The van der Waals surface area contributed by atoms with Crippen LogP contribution in [0.2, 0.25) is 0 Å². The van der Waals surface area contributed by atoms with Gasteiger partial charge in [-0.1, -0.05) is 6.07 Å². The Kier molecular flexibility index (Phi) is 5.97. The molecule has 0 saturated heterocycles. The first-order valence-corrected chi connectivity index (χ1v) is 12.6. The number of hydrogen-bond donors (Lipinski definition) is 6. The first-order valence-electron chi connectivity index (χ1n) is 12.6. The molecular formula is C27H33N3O7. The second-order valence-electron chi connectivity index (χ2n) is 11.1. The van der Waals surface area contributed by atoms with Crippen LogP contribution in [0.1, 0.15) is 47.7 Å². The molecule has 4 aliphatic carbocycles. The molecule has 0 unspecified atom stereocenters. The topological polar surface area (TPSA) is 173 Å². The molecule has 5 rings (SSSR count). The number of aliphatic hydroxyl groups is 3. The number of aromatic hydroxyl groups is 1. The summed E-state index contributed by atoms with van der Waals surface area (Å²) >= 11 is 0. The molecule has 1 amide bonds. The lowest BCUT2D eigenvalue weighted by Crippen LogP contribution is -2.63. The number of phenols is 1.